The minimum atomic E-state index is -0.314. The van der Waals surface area contributed by atoms with Crippen molar-refractivity contribution in [2.45, 2.75) is 6.92 Å². The van der Waals surface area contributed by atoms with Crippen LogP contribution in [0.25, 0.3) is 16.5 Å². The Bertz CT molecular complexity index is 850. The van der Waals surface area contributed by atoms with Gasteiger partial charge in [0.05, 0.1) is 5.70 Å². The second kappa shape index (κ2) is 5.73. The molecular weight excluding hydrogens is 276 g/mol. The number of amides is 1. The second-order valence-electron chi connectivity index (χ2n) is 5.06. The lowest BCUT2D eigenvalue weighted by atomic mass is 10.1. The summed E-state index contributed by atoms with van der Waals surface area (Å²) in [5.41, 5.74) is 8.10. The van der Waals surface area contributed by atoms with Crippen LogP contribution >= 0.6 is 0 Å². The summed E-state index contributed by atoms with van der Waals surface area (Å²) in [6, 6.07) is 15.8. The topological polar surface area (TPSA) is 69.8 Å². The maximum atomic E-state index is 11.9. The van der Waals surface area contributed by atoms with Crippen LogP contribution in [-0.4, -0.2) is 16.1 Å². The molecule has 0 fully saturated rings. The molecule has 0 saturated heterocycles. The van der Waals surface area contributed by atoms with Crippen LogP contribution in [0.4, 0.5) is 0 Å². The van der Waals surface area contributed by atoms with E-state index < -0.39 is 0 Å². The molecule has 5 nitrogen and oxygen atoms in total. The highest BCUT2D eigenvalue weighted by Gasteiger charge is 2.09. The van der Waals surface area contributed by atoms with E-state index >= 15 is 0 Å². The lowest BCUT2D eigenvalue weighted by Crippen LogP contribution is -2.36. The van der Waals surface area contributed by atoms with Crippen LogP contribution in [0.5, 0.6) is 0 Å². The Morgan fingerprint density at radius 3 is 2.59 bits per heavy atom. The van der Waals surface area contributed by atoms with E-state index in [0.29, 0.717) is 11.4 Å². The molecule has 0 bridgehead atoms. The number of aryl methyl sites for hydroxylation is 1. The summed E-state index contributed by atoms with van der Waals surface area (Å²) in [7, 11) is 0. The zero-order valence-electron chi connectivity index (χ0n) is 12.2. The summed E-state index contributed by atoms with van der Waals surface area (Å²) >= 11 is 0. The molecule has 3 rings (SSSR count). The standard InChI is InChI=1S/C17H16N4O/c1-11-9-16(20-18-11)17(22)21-19-12(2)14-8-7-13-5-3-4-6-15(13)10-14/h3-10,19H,2H2,1H3,(H,18,20)(H,21,22). The normalized spacial score (nSPS) is 10.4. The van der Waals surface area contributed by atoms with Gasteiger partial charge in [-0.05, 0) is 35.4 Å². The third kappa shape index (κ3) is 2.83. The summed E-state index contributed by atoms with van der Waals surface area (Å²) < 4.78 is 0. The van der Waals surface area contributed by atoms with Gasteiger partial charge >= 0.3 is 0 Å². The number of carbonyl (C=O) groups is 1. The quantitative estimate of drug-likeness (QED) is 0.648. The van der Waals surface area contributed by atoms with Gasteiger partial charge in [-0.15, -0.1) is 0 Å². The highest BCUT2D eigenvalue weighted by molar-refractivity contribution is 5.92. The highest BCUT2D eigenvalue weighted by Crippen LogP contribution is 2.18. The van der Waals surface area contributed by atoms with Gasteiger partial charge in [0, 0.05) is 5.69 Å². The van der Waals surface area contributed by atoms with Crippen molar-refractivity contribution in [3.05, 3.63) is 72.1 Å². The van der Waals surface area contributed by atoms with Crippen LogP contribution in [0.3, 0.4) is 0 Å². The van der Waals surface area contributed by atoms with Crippen molar-refractivity contribution in [3.8, 4) is 0 Å². The van der Waals surface area contributed by atoms with Crippen LogP contribution < -0.4 is 10.9 Å². The van der Waals surface area contributed by atoms with E-state index in [9.17, 15) is 4.79 Å². The molecule has 0 aliphatic rings. The second-order valence-corrected chi connectivity index (χ2v) is 5.06. The van der Waals surface area contributed by atoms with Gasteiger partial charge in [-0.2, -0.15) is 5.10 Å². The summed E-state index contributed by atoms with van der Waals surface area (Å²) in [6.45, 7) is 5.79. The first-order valence-corrected chi connectivity index (χ1v) is 6.90. The molecule has 2 aromatic carbocycles. The average Bonchev–Trinajstić information content (AvgIpc) is 2.98. The van der Waals surface area contributed by atoms with Crippen LogP contribution in [-0.2, 0) is 0 Å². The van der Waals surface area contributed by atoms with E-state index in [1.807, 2.05) is 43.3 Å². The van der Waals surface area contributed by atoms with Crippen molar-refractivity contribution in [1.82, 2.24) is 21.0 Å². The molecule has 0 spiro atoms. The van der Waals surface area contributed by atoms with Gasteiger partial charge in [0.25, 0.3) is 5.91 Å². The van der Waals surface area contributed by atoms with E-state index in [4.69, 9.17) is 0 Å². The number of rotatable bonds is 4. The molecule has 1 heterocycles. The monoisotopic (exact) mass is 292 g/mol. The van der Waals surface area contributed by atoms with Crippen LogP contribution in [0, 0.1) is 6.92 Å². The molecule has 1 amide bonds. The Kier molecular flexibility index (Phi) is 3.62. The summed E-state index contributed by atoms with van der Waals surface area (Å²) in [5, 5.41) is 8.91. The molecule has 3 aromatic rings. The average molecular weight is 292 g/mol. The molecule has 3 N–H and O–H groups in total. The van der Waals surface area contributed by atoms with Crippen molar-refractivity contribution in [1.29, 1.82) is 0 Å². The smallest absolute Gasteiger partial charge is 0.290 e. The summed E-state index contributed by atoms with van der Waals surface area (Å²) in [6.07, 6.45) is 0. The van der Waals surface area contributed by atoms with Crippen LogP contribution in [0.15, 0.2) is 55.1 Å². The predicted octanol–water partition coefficient (Wildman–Crippen LogP) is 2.78. The molecule has 110 valence electrons. The largest absolute Gasteiger partial charge is 0.298 e. The first-order chi connectivity index (χ1) is 10.6. The molecule has 1 aromatic heterocycles. The van der Waals surface area contributed by atoms with E-state index in [-0.39, 0.29) is 5.91 Å². The fraction of sp³-hybridized carbons (Fsp3) is 0.0588. The Morgan fingerprint density at radius 1 is 1.09 bits per heavy atom. The van der Waals surface area contributed by atoms with E-state index in [0.717, 1.165) is 22.0 Å². The maximum absolute atomic E-state index is 11.9. The number of aromatic amines is 1. The Hall–Kier alpha value is -3.08. The number of carbonyl (C=O) groups excluding carboxylic acids is 1. The Labute approximate surface area is 128 Å². The van der Waals surface area contributed by atoms with Crippen molar-refractivity contribution in [2.24, 2.45) is 0 Å². The SMILES string of the molecule is C=C(NNC(=O)c1cc(C)[nH]n1)c1ccc2ccccc2c1. The van der Waals surface area contributed by atoms with Crippen molar-refractivity contribution in [3.63, 3.8) is 0 Å². The van der Waals surface area contributed by atoms with E-state index in [1.54, 1.807) is 6.07 Å². The van der Waals surface area contributed by atoms with Crippen LogP contribution in [0.1, 0.15) is 21.7 Å². The van der Waals surface area contributed by atoms with Gasteiger partial charge in [0.1, 0.15) is 0 Å². The third-order valence-corrected chi connectivity index (χ3v) is 3.36. The van der Waals surface area contributed by atoms with Crippen molar-refractivity contribution >= 4 is 22.4 Å². The molecule has 22 heavy (non-hydrogen) atoms. The lowest BCUT2D eigenvalue weighted by molar-refractivity contribution is 0.0937. The van der Waals surface area contributed by atoms with E-state index in [1.165, 1.54) is 0 Å². The lowest BCUT2D eigenvalue weighted by Gasteiger charge is -2.11. The molecular formula is C17H16N4O. The minimum Gasteiger partial charge on any atom is -0.298 e. The molecule has 0 atom stereocenters. The number of H-pyrrole nitrogens is 1. The minimum absolute atomic E-state index is 0.314. The van der Waals surface area contributed by atoms with Gasteiger partial charge in [-0.3, -0.25) is 20.7 Å². The van der Waals surface area contributed by atoms with E-state index in [2.05, 4.69) is 33.7 Å². The van der Waals surface area contributed by atoms with Gasteiger partial charge in [0.15, 0.2) is 5.69 Å². The van der Waals surface area contributed by atoms with Gasteiger partial charge in [-0.25, -0.2) is 0 Å². The fourth-order valence-corrected chi connectivity index (χ4v) is 2.18. The third-order valence-electron chi connectivity index (χ3n) is 3.36. The molecule has 0 radical (unpaired) electrons. The van der Waals surface area contributed by atoms with Gasteiger partial charge in [0.2, 0.25) is 0 Å². The van der Waals surface area contributed by atoms with Gasteiger partial charge < -0.3 is 0 Å². The zero-order chi connectivity index (χ0) is 15.5. The highest BCUT2D eigenvalue weighted by atomic mass is 16.2. The Morgan fingerprint density at radius 2 is 1.86 bits per heavy atom. The number of fused-ring (bicyclic) bond motifs is 1. The summed E-state index contributed by atoms with van der Waals surface area (Å²) in [5.74, 6) is -0.314. The number of aromatic nitrogens is 2. The predicted molar refractivity (Wildman–Crippen MR) is 86.9 cm³/mol. The first kappa shape index (κ1) is 13.9. The molecule has 0 unspecified atom stereocenters. The number of hydrogen-bond donors (Lipinski definition) is 3. The number of hydrogen-bond acceptors (Lipinski definition) is 3. The maximum Gasteiger partial charge on any atom is 0.290 e. The number of nitrogens with one attached hydrogen (secondary N) is 3. The first-order valence-electron chi connectivity index (χ1n) is 6.90. The fourth-order valence-electron chi connectivity index (χ4n) is 2.18. The van der Waals surface area contributed by atoms with Crippen molar-refractivity contribution < 1.29 is 4.79 Å². The molecule has 0 aliphatic heterocycles. The zero-order valence-corrected chi connectivity index (χ0v) is 12.2. The number of hydrazine groups is 1. The number of benzene rings is 2. The Balaban J connectivity index is 1.69. The van der Waals surface area contributed by atoms with Gasteiger partial charge in [-0.1, -0.05) is 43.0 Å². The molecule has 0 aliphatic carbocycles. The van der Waals surface area contributed by atoms with Crippen molar-refractivity contribution in [2.75, 3.05) is 0 Å². The molecule has 5 heteroatoms. The van der Waals surface area contributed by atoms with Crippen LogP contribution in [0.2, 0.25) is 0 Å². The summed E-state index contributed by atoms with van der Waals surface area (Å²) in [4.78, 5) is 11.9. The number of nitrogens with zero attached hydrogens (tertiary/aromatic N) is 1. The molecule has 0 saturated carbocycles.